The van der Waals surface area contributed by atoms with Crippen LogP contribution in [0.3, 0.4) is 0 Å². The molecule has 0 aromatic heterocycles. The van der Waals surface area contributed by atoms with Crippen LogP contribution in [0, 0.1) is 0 Å². The first kappa shape index (κ1) is 26.3. The van der Waals surface area contributed by atoms with Crippen molar-refractivity contribution in [2.24, 2.45) is 0 Å². The van der Waals surface area contributed by atoms with E-state index in [0.717, 1.165) is 25.1 Å². The lowest BCUT2D eigenvalue weighted by molar-refractivity contribution is -0.138. The van der Waals surface area contributed by atoms with Crippen LogP contribution in [0.15, 0.2) is 24.3 Å². The number of methoxy groups -OCH3 is 1. The van der Waals surface area contributed by atoms with E-state index in [9.17, 15) is 14.4 Å². The molecule has 1 N–H and O–H groups in total. The molecule has 2 aliphatic heterocycles. The zero-order chi connectivity index (χ0) is 24.5. The van der Waals surface area contributed by atoms with Gasteiger partial charge in [-0.25, -0.2) is 0 Å². The second kappa shape index (κ2) is 13.0. The third-order valence-corrected chi connectivity index (χ3v) is 7.38. The van der Waals surface area contributed by atoms with Gasteiger partial charge in [0.05, 0.1) is 19.2 Å². The number of benzene rings is 1. The van der Waals surface area contributed by atoms with Crippen LogP contribution in [0.2, 0.25) is 0 Å². The number of hydrogen-bond acceptors (Lipinski definition) is 6. The van der Waals surface area contributed by atoms with Crippen molar-refractivity contribution in [3.05, 3.63) is 29.8 Å². The Morgan fingerprint density at radius 2 is 1.85 bits per heavy atom. The maximum atomic E-state index is 13.3. The third kappa shape index (κ3) is 6.88. The number of amides is 3. The van der Waals surface area contributed by atoms with Gasteiger partial charge in [0.2, 0.25) is 11.8 Å². The van der Waals surface area contributed by atoms with E-state index in [1.807, 2.05) is 22.1 Å². The average Bonchev–Trinajstić information content (AvgIpc) is 2.86. The summed E-state index contributed by atoms with van der Waals surface area (Å²) in [5, 5.41) is 2.93. The molecule has 2 heterocycles. The number of para-hydroxylation sites is 1. The highest BCUT2D eigenvalue weighted by Crippen LogP contribution is 2.19. The highest BCUT2D eigenvalue weighted by atomic mass is 32.2. The minimum Gasteiger partial charge on any atom is -0.496 e. The number of nitrogens with zero attached hydrogens (tertiary/aromatic N) is 3. The molecule has 2 fully saturated rings. The van der Waals surface area contributed by atoms with Crippen molar-refractivity contribution in [3.8, 4) is 5.75 Å². The topological polar surface area (TPSA) is 82.2 Å². The van der Waals surface area contributed by atoms with E-state index in [1.165, 1.54) is 13.5 Å². The molecule has 2 aliphatic rings. The summed E-state index contributed by atoms with van der Waals surface area (Å²) < 4.78 is 5.30. The van der Waals surface area contributed by atoms with Gasteiger partial charge in [-0.05, 0) is 56.7 Å². The summed E-state index contributed by atoms with van der Waals surface area (Å²) in [5.74, 6) is 1.07. The van der Waals surface area contributed by atoms with E-state index in [0.29, 0.717) is 56.5 Å². The maximum Gasteiger partial charge on any atom is 0.255 e. The Morgan fingerprint density at radius 3 is 2.53 bits per heavy atom. The minimum absolute atomic E-state index is 0.0621. The number of hydrogen-bond donors (Lipinski definition) is 1. The number of likely N-dealkylation sites (tertiary alicyclic amines) is 1. The number of carbonyl (C=O) groups is 3. The first-order chi connectivity index (χ1) is 16.4. The molecular formula is C25H38N4O4S. The SMILES string of the molecule is COc1ccccc1C(=O)NC(CCSC)C(=O)N1CCN(CC(=O)N2CCCCC2C)CC1. The molecule has 2 unspecified atom stereocenters. The standard InChI is InChI=1S/C25H38N4O4S/c1-19-8-6-7-12-29(19)23(30)18-27-13-15-28(16-14-27)25(32)21(11-17-34-3)26-24(31)20-9-4-5-10-22(20)33-2/h4-5,9-10,19,21H,6-8,11-18H2,1-3H3,(H,26,31). The molecule has 0 aliphatic carbocycles. The molecular weight excluding hydrogens is 452 g/mol. The van der Waals surface area contributed by atoms with Crippen LogP contribution in [0.5, 0.6) is 5.75 Å². The number of nitrogens with one attached hydrogen (secondary N) is 1. The lowest BCUT2D eigenvalue weighted by Crippen LogP contribution is -2.56. The highest BCUT2D eigenvalue weighted by molar-refractivity contribution is 7.98. The van der Waals surface area contributed by atoms with Gasteiger partial charge in [0, 0.05) is 38.8 Å². The van der Waals surface area contributed by atoms with Crippen LogP contribution in [0.25, 0.3) is 0 Å². The molecule has 0 bridgehead atoms. The molecule has 3 rings (SSSR count). The van der Waals surface area contributed by atoms with Crippen LogP contribution < -0.4 is 10.1 Å². The summed E-state index contributed by atoms with van der Waals surface area (Å²) in [6.07, 6.45) is 5.90. The smallest absolute Gasteiger partial charge is 0.255 e. The number of thioether (sulfide) groups is 1. The Morgan fingerprint density at radius 1 is 1.12 bits per heavy atom. The van der Waals surface area contributed by atoms with Gasteiger partial charge in [-0.1, -0.05) is 12.1 Å². The van der Waals surface area contributed by atoms with Crippen molar-refractivity contribution in [2.45, 2.75) is 44.7 Å². The van der Waals surface area contributed by atoms with E-state index < -0.39 is 6.04 Å². The molecule has 1 aromatic rings. The van der Waals surface area contributed by atoms with Gasteiger partial charge in [0.1, 0.15) is 11.8 Å². The normalized spacial score (nSPS) is 20.0. The maximum absolute atomic E-state index is 13.3. The second-order valence-corrected chi connectivity index (χ2v) is 10.0. The fourth-order valence-corrected chi connectivity index (χ4v) is 5.13. The average molecular weight is 491 g/mol. The number of carbonyl (C=O) groups excluding carboxylic acids is 3. The summed E-state index contributed by atoms with van der Waals surface area (Å²) in [4.78, 5) is 45.0. The lowest BCUT2D eigenvalue weighted by atomic mass is 10.0. The van der Waals surface area contributed by atoms with E-state index in [4.69, 9.17) is 4.74 Å². The predicted molar refractivity (Wildman–Crippen MR) is 135 cm³/mol. The van der Waals surface area contributed by atoms with Crippen molar-refractivity contribution in [1.29, 1.82) is 0 Å². The predicted octanol–water partition coefficient (Wildman–Crippen LogP) is 2.09. The zero-order valence-corrected chi connectivity index (χ0v) is 21.4. The third-order valence-electron chi connectivity index (χ3n) is 6.73. The highest BCUT2D eigenvalue weighted by Gasteiger charge is 2.31. The van der Waals surface area contributed by atoms with Gasteiger partial charge in [-0.3, -0.25) is 19.3 Å². The summed E-state index contributed by atoms with van der Waals surface area (Å²) in [5.41, 5.74) is 0.419. The van der Waals surface area contributed by atoms with Crippen molar-refractivity contribution in [3.63, 3.8) is 0 Å². The van der Waals surface area contributed by atoms with Gasteiger partial charge in [0.15, 0.2) is 0 Å². The minimum atomic E-state index is -0.591. The van der Waals surface area contributed by atoms with Gasteiger partial charge < -0.3 is 19.9 Å². The summed E-state index contributed by atoms with van der Waals surface area (Å²) in [6, 6.07) is 6.74. The first-order valence-corrected chi connectivity index (χ1v) is 13.6. The summed E-state index contributed by atoms with van der Waals surface area (Å²) >= 11 is 1.65. The van der Waals surface area contributed by atoms with Crippen LogP contribution in [0.4, 0.5) is 0 Å². The van der Waals surface area contributed by atoms with Crippen molar-refractivity contribution < 1.29 is 19.1 Å². The van der Waals surface area contributed by atoms with E-state index in [-0.39, 0.29) is 17.7 Å². The summed E-state index contributed by atoms with van der Waals surface area (Å²) in [7, 11) is 1.53. The molecule has 34 heavy (non-hydrogen) atoms. The Hall–Kier alpha value is -2.26. The molecule has 0 radical (unpaired) electrons. The fraction of sp³-hybridized carbons (Fsp3) is 0.640. The molecule has 2 saturated heterocycles. The Bertz CT molecular complexity index is 844. The van der Waals surface area contributed by atoms with Crippen molar-refractivity contribution >= 4 is 29.5 Å². The molecule has 2 atom stereocenters. The number of ether oxygens (including phenoxy) is 1. The lowest BCUT2D eigenvalue weighted by Gasteiger charge is -2.38. The first-order valence-electron chi connectivity index (χ1n) is 12.2. The number of rotatable bonds is 9. The van der Waals surface area contributed by atoms with Gasteiger partial charge >= 0.3 is 0 Å². The van der Waals surface area contributed by atoms with E-state index in [1.54, 1.807) is 30.0 Å². The fourth-order valence-electron chi connectivity index (χ4n) is 4.66. The van der Waals surface area contributed by atoms with Gasteiger partial charge in [-0.2, -0.15) is 11.8 Å². The molecule has 188 valence electrons. The second-order valence-electron chi connectivity index (χ2n) is 9.04. The number of piperidine rings is 1. The Balaban J connectivity index is 1.55. The van der Waals surface area contributed by atoms with E-state index in [2.05, 4.69) is 17.1 Å². The monoisotopic (exact) mass is 490 g/mol. The van der Waals surface area contributed by atoms with Crippen LogP contribution >= 0.6 is 11.8 Å². The van der Waals surface area contributed by atoms with Gasteiger partial charge in [0.25, 0.3) is 5.91 Å². The largest absolute Gasteiger partial charge is 0.496 e. The van der Waals surface area contributed by atoms with Crippen LogP contribution in [-0.4, -0.2) is 103 Å². The molecule has 0 spiro atoms. The molecule has 3 amide bonds. The van der Waals surface area contributed by atoms with Gasteiger partial charge in [-0.15, -0.1) is 0 Å². The number of piperazine rings is 1. The molecule has 8 nitrogen and oxygen atoms in total. The quantitative estimate of drug-likeness (QED) is 0.571. The van der Waals surface area contributed by atoms with Crippen molar-refractivity contribution in [2.75, 3.05) is 58.4 Å². The Labute approximate surface area is 207 Å². The van der Waals surface area contributed by atoms with Crippen LogP contribution in [-0.2, 0) is 9.59 Å². The zero-order valence-electron chi connectivity index (χ0n) is 20.6. The molecule has 1 aromatic carbocycles. The molecule has 0 saturated carbocycles. The van der Waals surface area contributed by atoms with E-state index >= 15 is 0 Å². The Kier molecular flexibility index (Phi) is 10.1. The van der Waals surface area contributed by atoms with Crippen molar-refractivity contribution in [1.82, 2.24) is 20.0 Å². The summed E-state index contributed by atoms with van der Waals surface area (Å²) in [6.45, 7) is 5.82. The molecule has 9 heteroatoms. The van der Waals surface area contributed by atoms with Crippen LogP contribution in [0.1, 0.15) is 43.0 Å².